The molecule has 5 aromatic heterocycles. The SMILES string of the molecule is CCC.c1ccc2c(c1)ccc1sc3c(-c4cccc5c6c7ccccc7ccc6n(-c6nc(-c7ccc8c(c7)oc7ccccc78)nc(-c7ccc8c(c7)oc7ccccc78)n6)c45)cccc3c12. The quantitative estimate of drug-likeness (QED) is 0.176. The highest BCUT2D eigenvalue weighted by Crippen LogP contribution is 2.47. The van der Waals surface area contributed by atoms with Crippen molar-refractivity contribution in [3.05, 3.63) is 194 Å². The molecule has 0 atom stereocenters. The Hall–Kier alpha value is -8.65. The molecule has 0 saturated heterocycles. The van der Waals surface area contributed by atoms with Crippen LogP contribution in [0.15, 0.2) is 203 Å². The Morgan fingerprint density at radius 3 is 1.57 bits per heavy atom. The van der Waals surface area contributed by atoms with Gasteiger partial charge in [-0.25, -0.2) is 4.98 Å². The Bertz CT molecular complexity index is 4440. The number of hydrogen-bond donors (Lipinski definition) is 0. The first-order chi connectivity index (χ1) is 34.1. The van der Waals surface area contributed by atoms with Gasteiger partial charge in [-0.2, -0.15) is 9.97 Å². The van der Waals surface area contributed by atoms with Gasteiger partial charge in [-0.15, -0.1) is 11.3 Å². The van der Waals surface area contributed by atoms with Gasteiger partial charge < -0.3 is 8.83 Å². The fraction of sp³-hybridized carbons (Fsp3) is 0.0484. The minimum absolute atomic E-state index is 0.515. The summed E-state index contributed by atoms with van der Waals surface area (Å²) >= 11 is 1.85. The molecule has 6 nitrogen and oxygen atoms in total. The van der Waals surface area contributed by atoms with Gasteiger partial charge in [-0.05, 0) is 70.1 Å². The summed E-state index contributed by atoms with van der Waals surface area (Å²) in [6, 6.07) is 68.5. The average molecular weight is 905 g/mol. The second kappa shape index (κ2) is 15.5. The molecule has 0 saturated carbocycles. The molecular formula is C62H40N4O2S. The van der Waals surface area contributed by atoms with Crippen LogP contribution in [0.2, 0.25) is 0 Å². The van der Waals surface area contributed by atoms with Crippen LogP contribution in [-0.2, 0) is 0 Å². The summed E-state index contributed by atoms with van der Waals surface area (Å²) in [7, 11) is 0. The largest absolute Gasteiger partial charge is 0.456 e. The number of nitrogens with zero attached hydrogens (tertiary/aromatic N) is 4. The van der Waals surface area contributed by atoms with Crippen molar-refractivity contribution >= 4 is 119 Å². The van der Waals surface area contributed by atoms with Crippen molar-refractivity contribution in [2.45, 2.75) is 20.3 Å². The molecule has 326 valence electrons. The van der Waals surface area contributed by atoms with E-state index in [4.69, 9.17) is 23.8 Å². The number of thiophene rings is 1. The molecule has 69 heavy (non-hydrogen) atoms. The van der Waals surface area contributed by atoms with E-state index >= 15 is 0 Å². The maximum atomic E-state index is 6.42. The van der Waals surface area contributed by atoms with Crippen molar-refractivity contribution in [2.24, 2.45) is 0 Å². The van der Waals surface area contributed by atoms with Crippen LogP contribution in [0.3, 0.4) is 0 Å². The second-order valence-corrected chi connectivity index (χ2v) is 18.8. The summed E-state index contributed by atoms with van der Waals surface area (Å²) in [5, 5.41) is 13.9. The van der Waals surface area contributed by atoms with Crippen LogP contribution in [0.25, 0.3) is 147 Å². The molecule has 15 aromatic rings. The van der Waals surface area contributed by atoms with E-state index in [1.807, 2.05) is 47.7 Å². The Morgan fingerprint density at radius 2 is 0.928 bits per heavy atom. The molecular weight excluding hydrogens is 865 g/mol. The monoisotopic (exact) mass is 904 g/mol. The Labute approximate surface area is 399 Å². The molecule has 0 amide bonds. The third-order valence-corrected chi connectivity index (χ3v) is 14.7. The van der Waals surface area contributed by atoms with Crippen LogP contribution >= 0.6 is 11.3 Å². The van der Waals surface area contributed by atoms with E-state index in [0.29, 0.717) is 17.6 Å². The third kappa shape index (κ3) is 6.07. The zero-order valence-corrected chi connectivity index (χ0v) is 38.5. The topological polar surface area (TPSA) is 69.9 Å². The Morgan fingerprint density at radius 1 is 0.420 bits per heavy atom. The molecule has 0 N–H and O–H groups in total. The van der Waals surface area contributed by atoms with Crippen molar-refractivity contribution in [2.75, 3.05) is 0 Å². The molecule has 0 spiro atoms. The Balaban J connectivity index is 0.00000146. The van der Waals surface area contributed by atoms with Gasteiger partial charge in [0.05, 0.1) is 11.0 Å². The zero-order chi connectivity index (χ0) is 45.7. The highest BCUT2D eigenvalue weighted by molar-refractivity contribution is 7.26. The molecule has 7 heteroatoms. The van der Waals surface area contributed by atoms with Gasteiger partial charge in [-0.1, -0.05) is 166 Å². The lowest BCUT2D eigenvalue weighted by Crippen LogP contribution is -2.07. The van der Waals surface area contributed by atoms with Crippen molar-refractivity contribution in [3.8, 4) is 39.9 Å². The average Bonchev–Trinajstić information content (AvgIpc) is 4.17. The van der Waals surface area contributed by atoms with Crippen LogP contribution in [0, 0.1) is 0 Å². The summed E-state index contributed by atoms with van der Waals surface area (Å²) < 4.78 is 17.6. The molecule has 0 unspecified atom stereocenters. The van der Waals surface area contributed by atoms with Crippen LogP contribution in [0.1, 0.15) is 20.3 Å². The highest BCUT2D eigenvalue weighted by Gasteiger charge is 2.24. The Kier molecular flexibility index (Phi) is 8.85. The van der Waals surface area contributed by atoms with Gasteiger partial charge in [0, 0.05) is 74.7 Å². The van der Waals surface area contributed by atoms with Gasteiger partial charge in [0.2, 0.25) is 5.95 Å². The molecule has 5 heterocycles. The van der Waals surface area contributed by atoms with E-state index in [0.717, 1.165) is 87.9 Å². The predicted octanol–water partition coefficient (Wildman–Crippen LogP) is 17.9. The lowest BCUT2D eigenvalue weighted by molar-refractivity contribution is 0.668. The van der Waals surface area contributed by atoms with Crippen molar-refractivity contribution in [1.82, 2.24) is 19.5 Å². The number of hydrogen-bond acceptors (Lipinski definition) is 6. The van der Waals surface area contributed by atoms with Crippen molar-refractivity contribution < 1.29 is 8.83 Å². The standard InChI is InChI=1S/C59H32N4O2S.C3H8/c1-3-13-37-33(11-1)25-29-47-53(37)45-19-9-17-43(44-18-10-20-46-54-38-14-4-2-12-34(38)26-30-52(54)66-56(44)46)55(45)63(47)59-61-57(35-23-27-41-39-15-5-7-21-48(39)64-50(41)31-35)60-58(62-59)36-24-28-42-40-16-6-8-22-49(40)65-51(42)32-36;1-3-2/h1-32H;3H2,1-2H3. The van der Waals surface area contributed by atoms with Gasteiger partial charge >= 0.3 is 0 Å². The highest BCUT2D eigenvalue weighted by atomic mass is 32.1. The van der Waals surface area contributed by atoms with E-state index in [1.165, 1.54) is 48.1 Å². The number of fused-ring (bicyclic) bond motifs is 16. The lowest BCUT2D eigenvalue weighted by atomic mass is 9.97. The first kappa shape index (κ1) is 39.5. The van der Waals surface area contributed by atoms with Crippen LogP contribution in [-0.4, -0.2) is 19.5 Å². The van der Waals surface area contributed by atoms with Crippen LogP contribution < -0.4 is 0 Å². The fourth-order valence-electron chi connectivity index (χ4n) is 10.5. The smallest absolute Gasteiger partial charge is 0.238 e. The summed E-state index contributed by atoms with van der Waals surface area (Å²) in [5.74, 6) is 1.59. The summed E-state index contributed by atoms with van der Waals surface area (Å²) in [5.41, 5.74) is 9.18. The number of benzene rings is 10. The molecule has 0 bridgehead atoms. The summed E-state index contributed by atoms with van der Waals surface area (Å²) in [6.07, 6.45) is 1.25. The van der Waals surface area contributed by atoms with Crippen molar-refractivity contribution in [3.63, 3.8) is 0 Å². The van der Waals surface area contributed by atoms with Gasteiger partial charge in [-0.3, -0.25) is 4.57 Å². The van der Waals surface area contributed by atoms with E-state index in [9.17, 15) is 0 Å². The zero-order valence-electron chi connectivity index (χ0n) is 37.7. The molecule has 15 rings (SSSR count). The minimum atomic E-state index is 0.515. The molecule has 0 aliphatic carbocycles. The molecule has 0 radical (unpaired) electrons. The van der Waals surface area contributed by atoms with E-state index in [1.54, 1.807) is 0 Å². The first-order valence-electron chi connectivity index (χ1n) is 23.5. The van der Waals surface area contributed by atoms with Crippen molar-refractivity contribution in [1.29, 1.82) is 0 Å². The fourth-order valence-corrected chi connectivity index (χ4v) is 11.7. The molecule has 0 aliphatic rings. The van der Waals surface area contributed by atoms with E-state index in [-0.39, 0.29) is 0 Å². The maximum absolute atomic E-state index is 6.42. The van der Waals surface area contributed by atoms with Crippen LogP contribution in [0.4, 0.5) is 0 Å². The van der Waals surface area contributed by atoms with Crippen LogP contribution in [0.5, 0.6) is 0 Å². The van der Waals surface area contributed by atoms with Gasteiger partial charge in [0.1, 0.15) is 22.3 Å². The lowest BCUT2D eigenvalue weighted by Gasteiger charge is -2.13. The molecule has 10 aromatic carbocycles. The summed E-state index contributed by atoms with van der Waals surface area (Å²) in [6.45, 7) is 4.25. The maximum Gasteiger partial charge on any atom is 0.238 e. The number of furan rings is 2. The van der Waals surface area contributed by atoms with Gasteiger partial charge in [0.25, 0.3) is 0 Å². The summed E-state index contributed by atoms with van der Waals surface area (Å²) in [4.78, 5) is 16.2. The number of rotatable bonds is 4. The van der Waals surface area contributed by atoms with E-state index in [2.05, 4.69) is 176 Å². The third-order valence-electron chi connectivity index (χ3n) is 13.5. The number of aromatic nitrogens is 4. The number of para-hydroxylation sites is 3. The molecule has 0 aliphatic heterocycles. The van der Waals surface area contributed by atoms with E-state index < -0.39 is 0 Å². The predicted molar refractivity (Wildman–Crippen MR) is 289 cm³/mol. The minimum Gasteiger partial charge on any atom is -0.456 e. The second-order valence-electron chi connectivity index (χ2n) is 17.8. The van der Waals surface area contributed by atoms with Gasteiger partial charge in [0.15, 0.2) is 11.6 Å². The normalized spacial score (nSPS) is 12.0. The molecule has 0 fully saturated rings. The first-order valence-corrected chi connectivity index (χ1v) is 24.3.